The first-order valence-corrected chi connectivity index (χ1v) is 8.03. The van der Waals surface area contributed by atoms with Gasteiger partial charge in [-0.1, -0.05) is 48.6 Å². The molecule has 1 amide bonds. The van der Waals surface area contributed by atoms with Gasteiger partial charge in [0, 0.05) is 4.88 Å². The molecule has 110 valence electrons. The van der Waals surface area contributed by atoms with Crippen LogP contribution in [0.2, 0.25) is 0 Å². The molecule has 0 aliphatic rings. The highest BCUT2D eigenvalue weighted by Gasteiger charge is 2.23. The summed E-state index contributed by atoms with van der Waals surface area (Å²) >= 11 is 6.68. The maximum Gasteiger partial charge on any atom is 0.230 e. The van der Waals surface area contributed by atoms with Crippen molar-refractivity contribution in [3.05, 3.63) is 58.3 Å². The number of nitrogens with one attached hydrogen (secondary N) is 1. The third kappa shape index (κ3) is 4.37. The Kier molecular flexibility index (Phi) is 5.47. The minimum absolute atomic E-state index is 0.0369. The van der Waals surface area contributed by atoms with Crippen molar-refractivity contribution in [2.45, 2.75) is 19.4 Å². The van der Waals surface area contributed by atoms with E-state index in [2.05, 4.69) is 5.32 Å². The molecule has 0 saturated heterocycles. The average molecular weight is 318 g/mol. The van der Waals surface area contributed by atoms with Gasteiger partial charge in [0.25, 0.3) is 0 Å². The van der Waals surface area contributed by atoms with Crippen molar-refractivity contribution in [1.82, 2.24) is 5.32 Å². The normalized spacial score (nSPS) is 13.4. The molecule has 3 nitrogen and oxygen atoms in total. The number of carbonyl (C=O) groups is 1. The summed E-state index contributed by atoms with van der Waals surface area (Å²) < 4.78 is 0. The van der Waals surface area contributed by atoms with Crippen molar-refractivity contribution in [2.75, 3.05) is 0 Å². The SMILES string of the molecule is CC(NC(=O)C(Cc1ccccc1)C(N)=S)c1cccs1. The summed E-state index contributed by atoms with van der Waals surface area (Å²) in [6.45, 7) is 1.96. The molecule has 5 heteroatoms. The van der Waals surface area contributed by atoms with Gasteiger partial charge in [-0.2, -0.15) is 0 Å². The largest absolute Gasteiger partial charge is 0.393 e. The van der Waals surface area contributed by atoms with Crippen LogP contribution in [0, 0.1) is 5.92 Å². The zero-order valence-electron chi connectivity index (χ0n) is 11.8. The summed E-state index contributed by atoms with van der Waals surface area (Å²) in [4.78, 5) is 13.8. The Labute approximate surface area is 134 Å². The molecule has 1 aromatic carbocycles. The maximum absolute atomic E-state index is 12.4. The molecule has 0 spiro atoms. The molecule has 0 bridgehead atoms. The predicted octanol–water partition coefficient (Wildman–Crippen LogP) is 3.07. The Bertz CT molecular complexity index is 596. The van der Waals surface area contributed by atoms with Crippen molar-refractivity contribution < 1.29 is 4.79 Å². The second-order valence-corrected chi connectivity index (χ2v) is 6.34. The third-order valence-electron chi connectivity index (χ3n) is 3.27. The molecule has 1 aromatic heterocycles. The molecule has 21 heavy (non-hydrogen) atoms. The van der Waals surface area contributed by atoms with Gasteiger partial charge in [-0.25, -0.2) is 0 Å². The minimum atomic E-state index is -0.482. The molecule has 0 aliphatic heterocycles. The van der Waals surface area contributed by atoms with E-state index in [9.17, 15) is 4.79 Å². The van der Waals surface area contributed by atoms with Crippen molar-refractivity contribution in [1.29, 1.82) is 0 Å². The van der Waals surface area contributed by atoms with Crippen LogP contribution in [-0.2, 0) is 11.2 Å². The van der Waals surface area contributed by atoms with E-state index in [-0.39, 0.29) is 16.9 Å². The zero-order valence-corrected chi connectivity index (χ0v) is 13.4. The van der Waals surface area contributed by atoms with Gasteiger partial charge in [-0.15, -0.1) is 11.3 Å². The number of carbonyl (C=O) groups excluding carboxylic acids is 1. The summed E-state index contributed by atoms with van der Waals surface area (Å²) in [5.74, 6) is -0.600. The van der Waals surface area contributed by atoms with E-state index < -0.39 is 5.92 Å². The van der Waals surface area contributed by atoms with Gasteiger partial charge in [-0.3, -0.25) is 4.79 Å². The molecule has 3 N–H and O–H groups in total. The zero-order chi connectivity index (χ0) is 15.2. The van der Waals surface area contributed by atoms with Gasteiger partial charge in [0.05, 0.1) is 16.9 Å². The molecule has 0 saturated carbocycles. The molecule has 1 heterocycles. The van der Waals surface area contributed by atoms with E-state index in [0.29, 0.717) is 6.42 Å². The highest BCUT2D eigenvalue weighted by molar-refractivity contribution is 7.80. The summed E-state index contributed by atoms with van der Waals surface area (Å²) in [6, 6.07) is 13.7. The number of rotatable bonds is 6. The van der Waals surface area contributed by atoms with Crippen LogP contribution in [-0.4, -0.2) is 10.9 Å². The van der Waals surface area contributed by atoms with Crippen LogP contribution in [0.4, 0.5) is 0 Å². The number of hydrogen-bond donors (Lipinski definition) is 2. The lowest BCUT2D eigenvalue weighted by molar-refractivity contribution is -0.123. The van der Waals surface area contributed by atoms with E-state index >= 15 is 0 Å². The average Bonchev–Trinajstić information content (AvgIpc) is 2.99. The fourth-order valence-corrected chi connectivity index (χ4v) is 3.02. The monoisotopic (exact) mass is 318 g/mol. The maximum atomic E-state index is 12.4. The highest BCUT2D eigenvalue weighted by Crippen LogP contribution is 2.19. The number of benzene rings is 1. The van der Waals surface area contributed by atoms with Gasteiger partial charge in [0.2, 0.25) is 5.91 Å². The Morgan fingerprint density at radius 3 is 2.57 bits per heavy atom. The Hall–Kier alpha value is -1.72. The quantitative estimate of drug-likeness (QED) is 0.805. The minimum Gasteiger partial charge on any atom is -0.393 e. The molecule has 2 rings (SSSR count). The van der Waals surface area contributed by atoms with E-state index in [1.165, 1.54) is 0 Å². The van der Waals surface area contributed by atoms with Crippen molar-refractivity contribution in [2.24, 2.45) is 11.7 Å². The van der Waals surface area contributed by atoms with Crippen LogP contribution in [0.15, 0.2) is 47.8 Å². The first-order chi connectivity index (χ1) is 10.1. The van der Waals surface area contributed by atoms with E-state index in [0.717, 1.165) is 10.4 Å². The fraction of sp³-hybridized carbons (Fsp3) is 0.250. The van der Waals surface area contributed by atoms with Crippen molar-refractivity contribution >= 4 is 34.5 Å². The van der Waals surface area contributed by atoms with E-state index in [4.69, 9.17) is 18.0 Å². The topological polar surface area (TPSA) is 55.1 Å². The summed E-state index contributed by atoms with van der Waals surface area (Å²) in [5, 5.41) is 4.98. The van der Waals surface area contributed by atoms with Crippen LogP contribution in [0.5, 0.6) is 0 Å². The third-order valence-corrected chi connectivity index (χ3v) is 4.61. The number of nitrogens with two attached hydrogens (primary N) is 1. The molecule has 0 aliphatic carbocycles. The van der Waals surface area contributed by atoms with Gasteiger partial charge >= 0.3 is 0 Å². The first kappa shape index (κ1) is 15.7. The van der Waals surface area contributed by atoms with Crippen LogP contribution in [0.1, 0.15) is 23.4 Å². The van der Waals surface area contributed by atoms with Crippen LogP contribution in [0.3, 0.4) is 0 Å². The predicted molar refractivity (Wildman–Crippen MR) is 91.3 cm³/mol. The second kappa shape index (κ2) is 7.33. The molecular weight excluding hydrogens is 300 g/mol. The molecular formula is C16H18N2OS2. The molecule has 2 aromatic rings. The second-order valence-electron chi connectivity index (χ2n) is 4.89. The molecule has 0 radical (unpaired) electrons. The van der Waals surface area contributed by atoms with Crippen molar-refractivity contribution in [3.8, 4) is 0 Å². The Morgan fingerprint density at radius 2 is 2.00 bits per heavy atom. The van der Waals surface area contributed by atoms with Crippen LogP contribution >= 0.6 is 23.6 Å². The number of hydrogen-bond acceptors (Lipinski definition) is 3. The first-order valence-electron chi connectivity index (χ1n) is 6.75. The number of thiocarbonyl (C=S) groups is 1. The van der Waals surface area contributed by atoms with Crippen LogP contribution in [0.25, 0.3) is 0 Å². The molecule has 0 fully saturated rings. The van der Waals surface area contributed by atoms with Gasteiger partial charge in [-0.05, 0) is 30.4 Å². The smallest absolute Gasteiger partial charge is 0.230 e. The standard InChI is InChI=1S/C16H18N2OS2/c1-11(14-8-5-9-21-14)18-16(19)13(15(17)20)10-12-6-3-2-4-7-12/h2-9,11,13H,10H2,1H3,(H2,17,20)(H,18,19). The van der Waals surface area contributed by atoms with E-state index in [1.54, 1.807) is 11.3 Å². The summed E-state index contributed by atoms with van der Waals surface area (Å²) in [5.41, 5.74) is 6.80. The highest BCUT2D eigenvalue weighted by atomic mass is 32.1. The summed E-state index contributed by atoms with van der Waals surface area (Å²) in [7, 11) is 0. The lowest BCUT2D eigenvalue weighted by Gasteiger charge is -2.19. The Morgan fingerprint density at radius 1 is 1.29 bits per heavy atom. The molecule has 2 unspecified atom stereocenters. The number of thiophene rings is 1. The van der Waals surface area contributed by atoms with Crippen molar-refractivity contribution in [3.63, 3.8) is 0 Å². The lowest BCUT2D eigenvalue weighted by atomic mass is 9.98. The number of amides is 1. The van der Waals surface area contributed by atoms with Gasteiger partial charge in [0.15, 0.2) is 0 Å². The van der Waals surface area contributed by atoms with Gasteiger partial charge in [0.1, 0.15) is 0 Å². The van der Waals surface area contributed by atoms with E-state index in [1.807, 2.05) is 54.8 Å². The fourth-order valence-electron chi connectivity index (χ4n) is 2.10. The lowest BCUT2D eigenvalue weighted by Crippen LogP contribution is -2.40. The van der Waals surface area contributed by atoms with Crippen LogP contribution < -0.4 is 11.1 Å². The molecule has 2 atom stereocenters. The van der Waals surface area contributed by atoms with Gasteiger partial charge < -0.3 is 11.1 Å². The summed E-state index contributed by atoms with van der Waals surface area (Å²) in [6.07, 6.45) is 0.527. The Balaban J connectivity index is 2.04.